The number of pyridine rings is 1. The van der Waals surface area contributed by atoms with E-state index in [-0.39, 0.29) is 6.42 Å². The van der Waals surface area contributed by atoms with Gasteiger partial charge < -0.3 is 10.0 Å². The van der Waals surface area contributed by atoms with Crippen molar-refractivity contribution in [2.24, 2.45) is 0 Å². The van der Waals surface area contributed by atoms with Crippen molar-refractivity contribution in [2.45, 2.75) is 20.3 Å². The summed E-state index contributed by atoms with van der Waals surface area (Å²) in [4.78, 5) is 16.7. The summed E-state index contributed by atoms with van der Waals surface area (Å²) in [6.07, 6.45) is 1.64. The molecule has 0 unspecified atom stereocenters. The minimum Gasteiger partial charge on any atom is -0.481 e. The second-order valence-corrected chi connectivity index (χ2v) is 3.25. The maximum absolute atomic E-state index is 10.5. The van der Waals surface area contributed by atoms with Gasteiger partial charge in [0, 0.05) is 25.0 Å². The Morgan fingerprint density at radius 1 is 1.47 bits per heavy atom. The number of carboxylic acid groups (broad SMARTS) is 1. The molecule has 0 aromatic carbocycles. The third-order valence-electron chi connectivity index (χ3n) is 2.26. The molecule has 82 valence electrons. The first kappa shape index (κ1) is 11.5. The third kappa shape index (κ3) is 3.23. The highest BCUT2D eigenvalue weighted by Gasteiger charge is 2.05. The molecule has 0 fully saturated rings. The number of carbonyl (C=O) groups is 1. The Morgan fingerprint density at radius 3 is 2.67 bits per heavy atom. The molecule has 1 N–H and O–H groups in total. The number of nitrogens with zero attached hydrogens (tertiary/aromatic N) is 2. The highest BCUT2D eigenvalue weighted by atomic mass is 16.4. The first-order valence-electron chi connectivity index (χ1n) is 5.09. The Labute approximate surface area is 89.6 Å². The van der Waals surface area contributed by atoms with Crippen molar-refractivity contribution in [1.29, 1.82) is 0 Å². The van der Waals surface area contributed by atoms with E-state index >= 15 is 0 Å². The number of aliphatic carboxylic acids is 1. The zero-order valence-corrected chi connectivity index (χ0v) is 9.10. The van der Waals surface area contributed by atoms with Crippen LogP contribution in [-0.4, -0.2) is 29.1 Å². The summed E-state index contributed by atoms with van der Waals surface area (Å²) in [6, 6.07) is 3.74. The average molecular weight is 208 g/mol. The van der Waals surface area contributed by atoms with Gasteiger partial charge in [0.1, 0.15) is 0 Å². The highest BCUT2D eigenvalue weighted by molar-refractivity contribution is 5.70. The topological polar surface area (TPSA) is 53.4 Å². The molecule has 0 bridgehead atoms. The molecule has 1 rings (SSSR count). The normalized spacial score (nSPS) is 10.0. The van der Waals surface area contributed by atoms with Crippen LogP contribution < -0.4 is 4.90 Å². The highest BCUT2D eigenvalue weighted by Crippen LogP contribution is 2.14. The number of anilines is 1. The molecular formula is C11H16N2O2. The summed E-state index contributed by atoms with van der Waals surface area (Å²) in [5.41, 5.74) is 1.64. The summed E-state index contributed by atoms with van der Waals surface area (Å²) in [7, 11) is 0. The fourth-order valence-corrected chi connectivity index (χ4v) is 1.50. The van der Waals surface area contributed by atoms with Crippen LogP contribution in [0.3, 0.4) is 0 Å². The van der Waals surface area contributed by atoms with E-state index < -0.39 is 5.97 Å². The zero-order valence-electron chi connectivity index (χ0n) is 9.10. The lowest BCUT2D eigenvalue weighted by Gasteiger charge is -2.21. The van der Waals surface area contributed by atoms with Crippen LogP contribution in [0.4, 0.5) is 5.69 Å². The second kappa shape index (κ2) is 5.34. The van der Waals surface area contributed by atoms with Gasteiger partial charge in [-0.15, -0.1) is 0 Å². The van der Waals surface area contributed by atoms with E-state index in [1.165, 1.54) is 0 Å². The number of hydrogen-bond acceptors (Lipinski definition) is 3. The Morgan fingerprint density at radius 2 is 2.13 bits per heavy atom. The molecule has 1 aromatic heterocycles. The number of carboxylic acids is 1. The van der Waals surface area contributed by atoms with Crippen molar-refractivity contribution in [2.75, 3.05) is 18.0 Å². The molecule has 0 spiro atoms. The van der Waals surface area contributed by atoms with Gasteiger partial charge in [-0.05, 0) is 26.0 Å². The van der Waals surface area contributed by atoms with Gasteiger partial charge in [-0.25, -0.2) is 0 Å². The van der Waals surface area contributed by atoms with Gasteiger partial charge >= 0.3 is 5.97 Å². The summed E-state index contributed by atoms with van der Waals surface area (Å²) in [5.74, 6) is -0.848. The van der Waals surface area contributed by atoms with Crippen LogP contribution in [0.15, 0.2) is 18.3 Å². The molecule has 0 saturated carbocycles. The fraction of sp³-hybridized carbons (Fsp3) is 0.455. The molecule has 4 heteroatoms. The van der Waals surface area contributed by atoms with Gasteiger partial charge in [-0.1, -0.05) is 0 Å². The van der Waals surface area contributed by atoms with Crippen LogP contribution >= 0.6 is 0 Å². The molecule has 0 saturated heterocycles. The second-order valence-electron chi connectivity index (χ2n) is 3.25. The molecule has 15 heavy (non-hydrogen) atoms. The average Bonchev–Trinajstić information content (AvgIpc) is 2.19. The van der Waals surface area contributed by atoms with Crippen LogP contribution in [0.5, 0.6) is 0 Å². The van der Waals surface area contributed by atoms with Crippen molar-refractivity contribution in [3.63, 3.8) is 0 Å². The van der Waals surface area contributed by atoms with E-state index in [4.69, 9.17) is 5.11 Å². The molecule has 1 aromatic rings. The molecule has 0 aliphatic rings. The Bertz CT molecular complexity index is 335. The number of hydrogen-bond donors (Lipinski definition) is 1. The van der Waals surface area contributed by atoms with Gasteiger partial charge in [-0.2, -0.15) is 0 Å². The molecule has 0 aliphatic heterocycles. The Kier molecular flexibility index (Phi) is 4.09. The fourth-order valence-electron chi connectivity index (χ4n) is 1.50. The van der Waals surface area contributed by atoms with E-state index in [0.29, 0.717) is 5.69 Å². The van der Waals surface area contributed by atoms with Crippen LogP contribution in [-0.2, 0) is 11.2 Å². The maximum Gasteiger partial charge on any atom is 0.309 e. The summed E-state index contributed by atoms with van der Waals surface area (Å²) in [5, 5.41) is 8.66. The van der Waals surface area contributed by atoms with E-state index in [1.54, 1.807) is 6.20 Å². The SMILES string of the molecule is CCN(CC)c1ccnc(CC(=O)O)c1. The number of rotatable bonds is 5. The summed E-state index contributed by atoms with van der Waals surface area (Å²) in [6.45, 7) is 5.96. The van der Waals surface area contributed by atoms with Crippen molar-refractivity contribution in [1.82, 2.24) is 4.98 Å². The minimum absolute atomic E-state index is 0.0187. The summed E-state index contributed by atoms with van der Waals surface area (Å²) >= 11 is 0. The van der Waals surface area contributed by atoms with Gasteiger partial charge in [-0.3, -0.25) is 9.78 Å². The van der Waals surface area contributed by atoms with Gasteiger partial charge in [0.25, 0.3) is 0 Å². The molecule has 0 aliphatic carbocycles. The number of aromatic nitrogens is 1. The lowest BCUT2D eigenvalue weighted by molar-refractivity contribution is -0.136. The molecule has 1 heterocycles. The monoisotopic (exact) mass is 208 g/mol. The van der Waals surface area contributed by atoms with Crippen molar-refractivity contribution in [3.8, 4) is 0 Å². The van der Waals surface area contributed by atoms with E-state index in [9.17, 15) is 4.79 Å². The minimum atomic E-state index is -0.848. The molecule has 0 atom stereocenters. The van der Waals surface area contributed by atoms with Crippen molar-refractivity contribution in [3.05, 3.63) is 24.0 Å². The molecular weight excluding hydrogens is 192 g/mol. The van der Waals surface area contributed by atoms with Gasteiger partial charge in [0.15, 0.2) is 0 Å². The van der Waals surface area contributed by atoms with Crippen LogP contribution in [0.1, 0.15) is 19.5 Å². The van der Waals surface area contributed by atoms with Crippen molar-refractivity contribution < 1.29 is 9.90 Å². The Hall–Kier alpha value is -1.58. The van der Waals surface area contributed by atoms with Gasteiger partial charge in [0.2, 0.25) is 0 Å². The maximum atomic E-state index is 10.5. The lowest BCUT2D eigenvalue weighted by atomic mass is 10.2. The molecule has 4 nitrogen and oxygen atoms in total. The van der Waals surface area contributed by atoms with E-state index in [0.717, 1.165) is 18.8 Å². The van der Waals surface area contributed by atoms with Crippen LogP contribution in [0.2, 0.25) is 0 Å². The van der Waals surface area contributed by atoms with Crippen LogP contribution in [0.25, 0.3) is 0 Å². The lowest BCUT2D eigenvalue weighted by Crippen LogP contribution is -2.22. The van der Waals surface area contributed by atoms with E-state index in [1.807, 2.05) is 12.1 Å². The summed E-state index contributed by atoms with van der Waals surface area (Å²) < 4.78 is 0. The largest absolute Gasteiger partial charge is 0.481 e. The quantitative estimate of drug-likeness (QED) is 0.797. The van der Waals surface area contributed by atoms with Crippen LogP contribution in [0, 0.1) is 0 Å². The first-order chi connectivity index (χ1) is 7.17. The van der Waals surface area contributed by atoms with Crippen molar-refractivity contribution >= 4 is 11.7 Å². The first-order valence-corrected chi connectivity index (χ1v) is 5.09. The van der Waals surface area contributed by atoms with E-state index in [2.05, 4.69) is 23.7 Å². The molecule has 0 amide bonds. The molecule has 0 radical (unpaired) electrons. The van der Waals surface area contributed by atoms with Gasteiger partial charge in [0.05, 0.1) is 12.1 Å². The predicted molar refractivity (Wildman–Crippen MR) is 59.1 cm³/mol. The predicted octanol–water partition coefficient (Wildman–Crippen LogP) is 1.55. The third-order valence-corrected chi connectivity index (χ3v) is 2.26. The standard InChI is InChI=1S/C11H16N2O2/c1-3-13(4-2)10-5-6-12-9(7-10)8-11(14)15/h5-7H,3-4,8H2,1-2H3,(H,14,15). The zero-order chi connectivity index (χ0) is 11.3. The Balaban J connectivity index is 2.86. The smallest absolute Gasteiger partial charge is 0.309 e.